The van der Waals surface area contributed by atoms with Crippen molar-refractivity contribution in [2.75, 3.05) is 44.7 Å². The van der Waals surface area contributed by atoms with Crippen molar-refractivity contribution >= 4 is 17.7 Å². The normalized spacial score (nSPS) is 15.6. The Labute approximate surface area is 124 Å². The Hall–Kier alpha value is -2.08. The van der Waals surface area contributed by atoms with E-state index in [1.165, 1.54) is 18.4 Å². The number of hydrogen-bond acceptors (Lipinski definition) is 5. The molecule has 0 aliphatic carbocycles. The number of benzene rings is 1. The van der Waals surface area contributed by atoms with Crippen molar-refractivity contribution in [3.05, 3.63) is 29.8 Å². The first-order valence-electron chi connectivity index (χ1n) is 7.01. The van der Waals surface area contributed by atoms with Crippen LogP contribution in [0.25, 0.3) is 0 Å². The van der Waals surface area contributed by atoms with Crippen molar-refractivity contribution < 1.29 is 14.3 Å². The van der Waals surface area contributed by atoms with E-state index >= 15 is 0 Å². The number of nitrogens with one attached hydrogen (secondary N) is 1. The standard InChI is InChI=1S/C15H21N3O3/c1-12-5-3-4-6-13(12)18-9-7-17(8-10-18)11-14(19)16-15(20)21-2/h3-6H,7-11H2,1-2H3,(H,16,19,20). The fraction of sp³-hybridized carbons (Fsp3) is 0.467. The van der Waals surface area contributed by atoms with Gasteiger partial charge in [-0.2, -0.15) is 0 Å². The highest BCUT2D eigenvalue weighted by molar-refractivity contribution is 5.92. The summed E-state index contributed by atoms with van der Waals surface area (Å²) in [5.74, 6) is -0.328. The number of carbonyl (C=O) groups excluding carboxylic acids is 2. The molecule has 0 radical (unpaired) electrons. The van der Waals surface area contributed by atoms with E-state index in [4.69, 9.17) is 0 Å². The monoisotopic (exact) mass is 291 g/mol. The molecule has 2 amide bonds. The Kier molecular flexibility index (Phi) is 5.16. The molecule has 1 saturated heterocycles. The molecule has 1 aliphatic rings. The third-order valence-electron chi connectivity index (χ3n) is 3.62. The van der Waals surface area contributed by atoms with E-state index in [2.05, 4.69) is 34.0 Å². The van der Waals surface area contributed by atoms with Crippen LogP contribution < -0.4 is 10.2 Å². The minimum absolute atomic E-state index is 0.219. The molecule has 0 atom stereocenters. The second-order valence-corrected chi connectivity index (χ2v) is 5.09. The quantitative estimate of drug-likeness (QED) is 0.900. The molecule has 114 valence electrons. The molecular weight excluding hydrogens is 270 g/mol. The average molecular weight is 291 g/mol. The Morgan fingerprint density at radius 1 is 1.19 bits per heavy atom. The molecule has 0 unspecified atom stereocenters. The van der Waals surface area contributed by atoms with Crippen molar-refractivity contribution in [1.82, 2.24) is 10.2 Å². The molecule has 0 spiro atoms. The summed E-state index contributed by atoms with van der Waals surface area (Å²) in [5, 5.41) is 2.17. The predicted octanol–water partition coefficient (Wildman–Crippen LogP) is 1.000. The molecule has 1 heterocycles. The topological polar surface area (TPSA) is 61.9 Å². The van der Waals surface area contributed by atoms with Crippen LogP contribution in [-0.2, 0) is 9.53 Å². The fourth-order valence-corrected chi connectivity index (χ4v) is 2.47. The summed E-state index contributed by atoms with van der Waals surface area (Å²) in [5.41, 5.74) is 2.51. The van der Waals surface area contributed by atoms with E-state index in [-0.39, 0.29) is 12.5 Å². The van der Waals surface area contributed by atoms with Crippen LogP contribution in [0.2, 0.25) is 0 Å². The molecule has 21 heavy (non-hydrogen) atoms. The summed E-state index contributed by atoms with van der Waals surface area (Å²) < 4.78 is 4.40. The van der Waals surface area contributed by atoms with Gasteiger partial charge in [0.2, 0.25) is 5.91 Å². The van der Waals surface area contributed by atoms with Crippen molar-refractivity contribution in [2.24, 2.45) is 0 Å². The summed E-state index contributed by atoms with van der Waals surface area (Å²) in [6.45, 7) is 5.65. The molecule has 6 heteroatoms. The number of alkyl carbamates (subject to hydrolysis) is 1. The first-order valence-corrected chi connectivity index (χ1v) is 7.01. The van der Waals surface area contributed by atoms with Gasteiger partial charge in [0.05, 0.1) is 13.7 Å². The van der Waals surface area contributed by atoms with Crippen molar-refractivity contribution in [2.45, 2.75) is 6.92 Å². The number of methoxy groups -OCH3 is 1. The van der Waals surface area contributed by atoms with Gasteiger partial charge in [-0.3, -0.25) is 15.0 Å². The average Bonchev–Trinajstić information content (AvgIpc) is 2.48. The Balaban J connectivity index is 1.82. The Bertz CT molecular complexity index is 511. The number of anilines is 1. The largest absolute Gasteiger partial charge is 0.453 e. The van der Waals surface area contributed by atoms with Gasteiger partial charge in [-0.15, -0.1) is 0 Å². The number of nitrogens with zero attached hydrogens (tertiary/aromatic N) is 2. The molecule has 6 nitrogen and oxygen atoms in total. The zero-order valence-corrected chi connectivity index (χ0v) is 12.5. The summed E-state index contributed by atoms with van der Waals surface area (Å²) in [6, 6.07) is 8.30. The van der Waals surface area contributed by atoms with Gasteiger partial charge >= 0.3 is 6.09 Å². The second kappa shape index (κ2) is 7.08. The van der Waals surface area contributed by atoms with Gasteiger partial charge in [0.15, 0.2) is 0 Å². The van der Waals surface area contributed by atoms with Crippen LogP contribution >= 0.6 is 0 Å². The van der Waals surface area contributed by atoms with Crippen LogP contribution in [0.3, 0.4) is 0 Å². The molecule has 0 saturated carbocycles. The zero-order valence-electron chi connectivity index (χ0n) is 12.5. The smallest absolute Gasteiger partial charge is 0.413 e. The summed E-state index contributed by atoms with van der Waals surface area (Å²) in [4.78, 5) is 26.9. The SMILES string of the molecule is COC(=O)NC(=O)CN1CCN(c2ccccc2C)CC1. The molecule has 1 N–H and O–H groups in total. The highest BCUT2D eigenvalue weighted by atomic mass is 16.5. The lowest BCUT2D eigenvalue weighted by Gasteiger charge is -2.36. The molecular formula is C15H21N3O3. The molecule has 0 aromatic heterocycles. The third-order valence-corrected chi connectivity index (χ3v) is 3.62. The van der Waals surface area contributed by atoms with Gasteiger partial charge in [-0.1, -0.05) is 18.2 Å². The third kappa shape index (κ3) is 4.19. The lowest BCUT2D eigenvalue weighted by atomic mass is 10.1. The minimum Gasteiger partial charge on any atom is -0.453 e. The number of amides is 2. The van der Waals surface area contributed by atoms with Crippen molar-refractivity contribution in [3.8, 4) is 0 Å². The summed E-state index contributed by atoms with van der Waals surface area (Å²) >= 11 is 0. The lowest BCUT2D eigenvalue weighted by molar-refractivity contribution is -0.121. The maximum absolute atomic E-state index is 11.6. The van der Waals surface area contributed by atoms with E-state index in [1.807, 2.05) is 17.0 Å². The first kappa shape index (κ1) is 15.3. The predicted molar refractivity (Wildman–Crippen MR) is 80.4 cm³/mol. The van der Waals surface area contributed by atoms with Gasteiger partial charge in [-0.25, -0.2) is 4.79 Å². The number of piperazine rings is 1. The number of hydrogen-bond donors (Lipinski definition) is 1. The van der Waals surface area contributed by atoms with Crippen LogP contribution in [-0.4, -0.2) is 56.7 Å². The molecule has 1 aromatic rings. The fourth-order valence-electron chi connectivity index (χ4n) is 2.47. The molecule has 1 fully saturated rings. The van der Waals surface area contributed by atoms with Gasteiger partial charge in [0.1, 0.15) is 0 Å². The van der Waals surface area contributed by atoms with E-state index in [9.17, 15) is 9.59 Å². The number of para-hydroxylation sites is 1. The van der Waals surface area contributed by atoms with Crippen LogP contribution in [0, 0.1) is 6.92 Å². The lowest BCUT2D eigenvalue weighted by Crippen LogP contribution is -2.50. The molecule has 1 aromatic carbocycles. The van der Waals surface area contributed by atoms with Gasteiger partial charge in [0.25, 0.3) is 0 Å². The molecule has 0 bridgehead atoms. The van der Waals surface area contributed by atoms with E-state index in [0.717, 1.165) is 26.2 Å². The highest BCUT2D eigenvalue weighted by Gasteiger charge is 2.20. The first-order chi connectivity index (χ1) is 10.1. The van der Waals surface area contributed by atoms with Gasteiger partial charge in [-0.05, 0) is 18.6 Å². The Morgan fingerprint density at radius 3 is 2.48 bits per heavy atom. The minimum atomic E-state index is -0.710. The summed E-state index contributed by atoms with van der Waals surface area (Å²) in [6.07, 6.45) is -0.710. The highest BCUT2D eigenvalue weighted by Crippen LogP contribution is 2.20. The van der Waals surface area contributed by atoms with Crippen molar-refractivity contribution in [1.29, 1.82) is 0 Å². The number of imide groups is 1. The zero-order chi connectivity index (χ0) is 15.2. The molecule has 2 rings (SSSR count). The number of rotatable bonds is 3. The summed E-state index contributed by atoms with van der Waals surface area (Å²) in [7, 11) is 1.24. The van der Waals surface area contributed by atoms with Crippen LogP contribution in [0.1, 0.15) is 5.56 Å². The number of aryl methyl sites for hydroxylation is 1. The van der Waals surface area contributed by atoms with Crippen molar-refractivity contribution in [3.63, 3.8) is 0 Å². The van der Waals surface area contributed by atoms with E-state index < -0.39 is 6.09 Å². The second-order valence-electron chi connectivity index (χ2n) is 5.09. The van der Waals surface area contributed by atoms with Crippen LogP contribution in [0.4, 0.5) is 10.5 Å². The van der Waals surface area contributed by atoms with Crippen LogP contribution in [0.15, 0.2) is 24.3 Å². The maximum Gasteiger partial charge on any atom is 0.413 e. The number of carbonyl (C=O) groups is 2. The van der Waals surface area contributed by atoms with E-state index in [0.29, 0.717) is 0 Å². The molecule has 1 aliphatic heterocycles. The van der Waals surface area contributed by atoms with Gasteiger partial charge < -0.3 is 9.64 Å². The Morgan fingerprint density at radius 2 is 1.86 bits per heavy atom. The van der Waals surface area contributed by atoms with E-state index in [1.54, 1.807) is 0 Å². The van der Waals surface area contributed by atoms with Gasteiger partial charge in [0, 0.05) is 31.9 Å². The maximum atomic E-state index is 11.6. The number of ether oxygens (including phenoxy) is 1. The van der Waals surface area contributed by atoms with Crippen LogP contribution in [0.5, 0.6) is 0 Å².